The molecule has 1 amide bonds. The van der Waals surface area contributed by atoms with Crippen molar-refractivity contribution < 1.29 is 22.4 Å². The SMILES string of the molecule is CN(Cc1ccco1)c1nc(C(F)(F)F)ccc1C(N)=O. The number of carbonyl (C=O) groups is 1. The van der Waals surface area contributed by atoms with Crippen LogP contribution in [0.15, 0.2) is 34.9 Å². The summed E-state index contributed by atoms with van der Waals surface area (Å²) in [4.78, 5) is 16.2. The molecule has 0 atom stereocenters. The largest absolute Gasteiger partial charge is 0.467 e. The molecule has 2 N–H and O–H groups in total. The second-order valence-electron chi connectivity index (χ2n) is 4.37. The van der Waals surface area contributed by atoms with E-state index in [1.165, 1.54) is 18.2 Å². The van der Waals surface area contributed by atoms with Crippen LogP contribution in [0.3, 0.4) is 0 Å². The zero-order valence-electron chi connectivity index (χ0n) is 11.0. The Labute approximate surface area is 118 Å². The van der Waals surface area contributed by atoms with Crippen LogP contribution in [0, 0.1) is 0 Å². The average molecular weight is 299 g/mol. The number of anilines is 1. The number of pyridine rings is 1. The van der Waals surface area contributed by atoms with Crippen LogP contribution in [-0.2, 0) is 12.7 Å². The number of aromatic nitrogens is 1. The van der Waals surface area contributed by atoms with E-state index in [1.54, 1.807) is 12.1 Å². The lowest BCUT2D eigenvalue weighted by atomic mass is 10.2. The monoisotopic (exact) mass is 299 g/mol. The standard InChI is InChI=1S/C13H12F3N3O2/c1-19(7-8-3-2-6-21-8)12-9(11(17)20)4-5-10(18-12)13(14,15)16/h2-6H,7H2,1H3,(H2,17,20). The van der Waals surface area contributed by atoms with Gasteiger partial charge < -0.3 is 15.1 Å². The Morgan fingerprint density at radius 1 is 1.38 bits per heavy atom. The van der Waals surface area contributed by atoms with Crippen molar-refractivity contribution in [2.45, 2.75) is 12.7 Å². The molecule has 112 valence electrons. The molecule has 0 unspecified atom stereocenters. The molecule has 21 heavy (non-hydrogen) atoms. The van der Waals surface area contributed by atoms with Crippen LogP contribution in [-0.4, -0.2) is 17.9 Å². The molecule has 5 nitrogen and oxygen atoms in total. The summed E-state index contributed by atoms with van der Waals surface area (Å²) in [6.45, 7) is 0.154. The number of alkyl halides is 3. The molecule has 2 rings (SSSR count). The molecule has 0 aliphatic rings. The highest BCUT2D eigenvalue weighted by atomic mass is 19.4. The predicted octanol–water partition coefficient (Wildman–Crippen LogP) is 2.43. The number of furan rings is 1. The van der Waals surface area contributed by atoms with Crippen LogP contribution in [0.25, 0.3) is 0 Å². The minimum absolute atomic E-state index is 0.0861. The van der Waals surface area contributed by atoms with Gasteiger partial charge in [0.2, 0.25) is 0 Å². The maximum atomic E-state index is 12.7. The number of nitrogens with two attached hydrogens (primary N) is 1. The molecular weight excluding hydrogens is 287 g/mol. The van der Waals surface area contributed by atoms with Gasteiger partial charge in [0, 0.05) is 7.05 Å². The van der Waals surface area contributed by atoms with Gasteiger partial charge in [0.25, 0.3) is 5.91 Å². The Hall–Kier alpha value is -2.51. The van der Waals surface area contributed by atoms with Crippen molar-refractivity contribution in [3.8, 4) is 0 Å². The van der Waals surface area contributed by atoms with E-state index in [2.05, 4.69) is 4.98 Å². The van der Waals surface area contributed by atoms with Gasteiger partial charge in [-0.2, -0.15) is 13.2 Å². The first-order chi connectivity index (χ1) is 9.79. The highest BCUT2D eigenvalue weighted by Crippen LogP contribution is 2.30. The summed E-state index contributed by atoms with van der Waals surface area (Å²) in [6.07, 6.45) is -3.16. The van der Waals surface area contributed by atoms with Gasteiger partial charge in [-0.15, -0.1) is 0 Å². The van der Waals surface area contributed by atoms with Crippen LogP contribution < -0.4 is 10.6 Å². The Morgan fingerprint density at radius 3 is 2.62 bits per heavy atom. The second kappa shape index (κ2) is 5.47. The third-order valence-corrected chi connectivity index (χ3v) is 2.77. The van der Waals surface area contributed by atoms with Crippen LogP contribution >= 0.6 is 0 Å². The van der Waals surface area contributed by atoms with Crippen molar-refractivity contribution in [3.05, 3.63) is 47.5 Å². The number of amides is 1. The van der Waals surface area contributed by atoms with Gasteiger partial charge in [-0.05, 0) is 24.3 Å². The van der Waals surface area contributed by atoms with E-state index in [4.69, 9.17) is 10.2 Å². The van der Waals surface area contributed by atoms with Gasteiger partial charge in [-0.1, -0.05) is 0 Å². The van der Waals surface area contributed by atoms with Crippen molar-refractivity contribution in [1.82, 2.24) is 4.98 Å². The van der Waals surface area contributed by atoms with Crippen molar-refractivity contribution in [2.24, 2.45) is 5.73 Å². The molecule has 8 heteroatoms. The lowest BCUT2D eigenvalue weighted by Crippen LogP contribution is -2.24. The van der Waals surface area contributed by atoms with Crippen molar-refractivity contribution in [3.63, 3.8) is 0 Å². The quantitative estimate of drug-likeness (QED) is 0.941. The number of hydrogen-bond donors (Lipinski definition) is 1. The van der Waals surface area contributed by atoms with Gasteiger partial charge in [0.05, 0.1) is 18.4 Å². The fourth-order valence-corrected chi connectivity index (χ4v) is 1.80. The van der Waals surface area contributed by atoms with Crippen LogP contribution in [0.5, 0.6) is 0 Å². The lowest BCUT2D eigenvalue weighted by Gasteiger charge is -2.20. The second-order valence-corrected chi connectivity index (χ2v) is 4.37. The molecule has 2 aromatic heterocycles. The highest BCUT2D eigenvalue weighted by Gasteiger charge is 2.33. The molecule has 0 aliphatic carbocycles. The summed E-state index contributed by atoms with van der Waals surface area (Å²) >= 11 is 0. The Balaban J connectivity index is 2.40. The van der Waals surface area contributed by atoms with Crippen LogP contribution in [0.2, 0.25) is 0 Å². The molecule has 0 radical (unpaired) electrons. The lowest BCUT2D eigenvalue weighted by molar-refractivity contribution is -0.141. The van der Waals surface area contributed by atoms with E-state index < -0.39 is 17.8 Å². The third-order valence-electron chi connectivity index (χ3n) is 2.77. The predicted molar refractivity (Wildman–Crippen MR) is 68.6 cm³/mol. The van der Waals surface area contributed by atoms with Crippen molar-refractivity contribution in [2.75, 3.05) is 11.9 Å². The first-order valence-corrected chi connectivity index (χ1v) is 5.90. The topological polar surface area (TPSA) is 72.4 Å². The zero-order valence-corrected chi connectivity index (χ0v) is 11.0. The fourth-order valence-electron chi connectivity index (χ4n) is 1.80. The van der Waals surface area contributed by atoms with E-state index in [0.29, 0.717) is 5.76 Å². The summed E-state index contributed by atoms with van der Waals surface area (Å²) in [5.74, 6) is -0.474. The van der Waals surface area contributed by atoms with Gasteiger partial charge in [0.15, 0.2) is 0 Å². The average Bonchev–Trinajstić information content (AvgIpc) is 2.89. The van der Waals surface area contributed by atoms with Gasteiger partial charge in [0.1, 0.15) is 17.3 Å². The first-order valence-electron chi connectivity index (χ1n) is 5.90. The zero-order chi connectivity index (χ0) is 15.6. The third kappa shape index (κ3) is 3.33. The molecule has 0 spiro atoms. The van der Waals surface area contributed by atoms with Crippen molar-refractivity contribution in [1.29, 1.82) is 0 Å². The highest BCUT2D eigenvalue weighted by molar-refractivity contribution is 5.97. The molecule has 0 fully saturated rings. The first kappa shape index (κ1) is 14.9. The minimum Gasteiger partial charge on any atom is -0.467 e. The molecule has 0 aromatic carbocycles. The molecule has 2 aromatic rings. The number of nitrogens with zero attached hydrogens (tertiary/aromatic N) is 2. The van der Waals surface area contributed by atoms with E-state index >= 15 is 0 Å². The summed E-state index contributed by atoms with van der Waals surface area (Å²) < 4.78 is 43.3. The minimum atomic E-state index is -4.60. The summed E-state index contributed by atoms with van der Waals surface area (Å²) in [6, 6.07) is 5.06. The van der Waals surface area contributed by atoms with E-state index in [-0.39, 0.29) is 17.9 Å². The molecule has 0 saturated carbocycles. The molecule has 0 aliphatic heterocycles. The molecule has 2 heterocycles. The van der Waals surface area contributed by atoms with Crippen LogP contribution in [0.4, 0.5) is 19.0 Å². The Bertz CT molecular complexity index is 639. The van der Waals surface area contributed by atoms with Crippen LogP contribution in [0.1, 0.15) is 21.8 Å². The van der Waals surface area contributed by atoms with Crippen molar-refractivity contribution >= 4 is 11.7 Å². The Kier molecular flexibility index (Phi) is 3.88. The molecular formula is C13H12F3N3O2. The summed E-state index contributed by atoms with van der Waals surface area (Å²) in [5, 5.41) is 0. The number of hydrogen-bond acceptors (Lipinski definition) is 4. The van der Waals surface area contributed by atoms with E-state index in [1.807, 2.05) is 0 Å². The summed E-state index contributed by atoms with van der Waals surface area (Å²) in [5.41, 5.74) is 4.00. The smallest absolute Gasteiger partial charge is 0.433 e. The number of primary amides is 1. The van der Waals surface area contributed by atoms with E-state index in [9.17, 15) is 18.0 Å². The molecule has 0 bridgehead atoms. The van der Waals surface area contributed by atoms with Gasteiger partial charge in [-0.25, -0.2) is 4.98 Å². The normalized spacial score (nSPS) is 11.4. The fraction of sp³-hybridized carbons (Fsp3) is 0.231. The maximum absolute atomic E-state index is 12.7. The Morgan fingerprint density at radius 2 is 2.10 bits per heavy atom. The summed E-state index contributed by atoms with van der Waals surface area (Å²) in [7, 11) is 1.50. The molecule has 0 saturated heterocycles. The number of carbonyl (C=O) groups excluding carboxylic acids is 1. The number of halogens is 3. The van der Waals surface area contributed by atoms with E-state index in [0.717, 1.165) is 12.1 Å². The van der Waals surface area contributed by atoms with Gasteiger partial charge in [-0.3, -0.25) is 4.79 Å². The van der Waals surface area contributed by atoms with Gasteiger partial charge >= 0.3 is 6.18 Å². The maximum Gasteiger partial charge on any atom is 0.433 e. The number of rotatable bonds is 4.